The lowest BCUT2D eigenvalue weighted by Gasteiger charge is -2.04. The molecule has 0 heterocycles. The van der Waals surface area contributed by atoms with Crippen molar-refractivity contribution in [2.75, 3.05) is 0 Å². The molecule has 9 nitrogen and oxygen atoms in total. The molecule has 0 radical (unpaired) electrons. The van der Waals surface area contributed by atoms with Crippen LogP contribution in [0.25, 0.3) is 0 Å². The van der Waals surface area contributed by atoms with Gasteiger partial charge in [-0.15, -0.1) is 0 Å². The first-order valence-electron chi connectivity index (χ1n) is 2.67. The second kappa shape index (κ2) is 4.84. The van der Waals surface area contributed by atoms with Gasteiger partial charge in [0, 0.05) is 0 Å². The lowest BCUT2D eigenvalue weighted by atomic mass is 10.3. The topological polar surface area (TPSA) is 130 Å². The van der Waals surface area contributed by atoms with E-state index in [0.29, 0.717) is 0 Å². The maximum Gasteiger partial charge on any atom is 0.690 e. The van der Waals surface area contributed by atoms with E-state index >= 15 is 0 Å². The molecule has 0 aromatic rings. The second-order valence-electron chi connectivity index (χ2n) is 1.76. The van der Waals surface area contributed by atoms with Gasteiger partial charge in [-0.25, -0.2) is 12.3 Å². The van der Waals surface area contributed by atoms with Crippen LogP contribution in [0.5, 0.6) is 0 Å². The van der Waals surface area contributed by atoms with Gasteiger partial charge in [0.15, 0.2) is 0 Å². The summed E-state index contributed by atoms with van der Waals surface area (Å²) in [5.41, 5.74) is 0. The van der Waals surface area contributed by atoms with Crippen molar-refractivity contribution in [2.45, 2.75) is 0 Å². The summed E-state index contributed by atoms with van der Waals surface area (Å²) in [7, 11) is -21.5. The minimum absolute atomic E-state index is 2.81. The van der Waals surface area contributed by atoms with Gasteiger partial charge in [0.25, 0.3) is 0 Å². The van der Waals surface area contributed by atoms with Gasteiger partial charge < -0.3 is 0 Å². The number of halogens is 3. The van der Waals surface area contributed by atoms with E-state index in [1.807, 2.05) is 0 Å². The summed E-state index contributed by atoms with van der Waals surface area (Å²) in [5.74, 6) is 0. The highest BCUT2D eigenvalue weighted by molar-refractivity contribution is 7.85. The van der Waals surface area contributed by atoms with Crippen molar-refractivity contribution in [1.82, 2.24) is 0 Å². The minimum Gasteiger partial charge on any atom is -0.244 e. The van der Waals surface area contributed by atoms with E-state index in [1.54, 1.807) is 0 Å². The molecular weight excluding hydrogens is 308 g/mol. The van der Waals surface area contributed by atoms with Crippen LogP contribution in [0.15, 0.2) is 0 Å². The molecule has 0 rings (SSSR count). The van der Waals surface area contributed by atoms with E-state index < -0.39 is 38.8 Å². The summed E-state index contributed by atoms with van der Waals surface area (Å²) in [6.07, 6.45) is 0. The lowest BCUT2D eigenvalue weighted by Crippen LogP contribution is -2.31. The van der Waals surface area contributed by atoms with Crippen LogP contribution in [0.2, 0.25) is 0 Å². The molecule has 0 aliphatic carbocycles. The first-order valence-corrected chi connectivity index (χ1v) is 6.60. The van der Waals surface area contributed by atoms with Gasteiger partial charge in [-0.3, -0.25) is 0 Å². The van der Waals surface area contributed by atoms with E-state index in [1.165, 1.54) is 0 Å². The molecule has 0 saturated heterocycles. The zero-order valence-corrected chi connectivity index (χ0v) is 9.06. The van der Waals surface area contributed by atoms with Crippen LogP contribution in [-0.2, 0) is 43.8 Å². The Hall–Kier alpha value is -0.415. The molecule has 0 spiro atoms. The predicted molar refractivity (Wildman–Crippen MR) is 39.1 cm³/mol. The van der Waals surface area contributed by atoms with Crippen molar-refractivity contribution in [3.63, 3.8) is 0 Å². The quantitative estimate of drug-likeness (QED) is 0.432. The van der Waals surface area contributed by atoms with Crippen molar-refractivity contribution < 1.29 is 49.2 Å². The number of rotatable bonds is 6. The summed E-state index contributed by atoms with van der Waals surface area (Å²) in [6, 6.07) is 0. The van der Waals surface area contributed by atoms with Gasteiger partial charge in [-0.05, 0) is 0 Å². The molecule has 0 atom stereocenters. The van der Waals surface area contributed by atoms with E-state index in [4.69, 9.17) is 0 Å². The Kier molecular flexibility index (Phi) is 4.71. The van der Waals surface area contributed by atoms with Crippen LogP contribution in [0.1, 0.15) is 0 Å². The predicted octanol–water partition coefficient (Wildman–Crippen LogP) is -1.34. The molecule has 0 amide bonds. The molecule has 0 aliphatic heterocycles. The lowest BCUT2D eigenvalue weighted by molar-refractivity contribution is 0.284. The van der Waals surface area contributed by atoms with Crippen LogP contribution in [0, 0.1) is 0 Å². The Bertz CT molecular complexity index is 446. The van der Waals surface area contributed by atoms with Crippen molar-refractivity contribution in [1.29, 1.82) is 0 Å². The second-order valence-corrected chi connectivity index (χ2v) is 4.69. The van der Waals surface area contributed by atoms with Gasteiger partial charge in [-0.1, -0.05) is 11.7 Å². The van der Waals surface area contributed by atoms with Gasteiger partial charge in [0.1, 0.15) is 0 Å². The molecule has 16 heavy (non-hydrogen) atoms. The SMILES string of the molecule is O=S(=O)(F)OB(OS(=O)(=O)F)OS(=O)(=O)F. The van der Waals surface area contributed by atoms with Crippen molar-refractivity contribution in [3.05, 3.63) is 0 Å². The molecular formula is BF3O9S3. The fraction of sp³-hybridized carbons (Fsp3) is 0. The summed E-state index contributed by atoms with van der Waals surface area (Å²) in [5, 5.41) is 0. The van der Waals surface area contributed by atoms with E-state index in [2.05, 4.69) is 12.3 Å². The largest absolute Gasteiger partial charge is 0.690 e. The smallest absolute Gasteiger partial charge is 0.244 e. The Morgan fingerprint density at radius 3 is 0.938 bits per heavy atom. The summed E-state index contributed by atoms with van der Waals surface area (Å²) < 4.78 is 102. The number of hydrogen-bond acceptors (Lipinski definition) is 9. The van der Waals surface area contributed by atoms with Crippen LogP contribution < -0.4 is 0 Å². The first kappa shape index (κ1) is 15.6. The monoisotopic (exact) mass is 308 g/mol. The highest BCUT2D eigenvalue weighted by atomic mass is 32.3. The third kappa shape index (κ3) is 10.1. The molecule has 0 aromatic carbocycles. The van der Waals surface area contributed by atoms with Crippen molar-refractivity contribution >= 4 is 38.8 Å². The van der Waals surface area contributed by atoms with Crippen LogP contribution in [0.3, 0.4) is 0 Å². The Morgan fingerprint density at radius 2 is 0.812 bits per heavy atom. The molecule has 16 heteroatoms. The van der Waals surface area contributed by atoms with Crippen LogP contribution in [-0.4, -0.2) is 32.6 Å². The summed E-state index contributed by atoms with van der Waals surface area (Å²) in [6.45, 7) is 0. The molecule has 0 aliphatic rings. The standard InChI is InChI=1S/BF3O9S3/c2-14(5,6)11-1(12-15(3,7)8)13-16(4,9)10. The molecule has 0 aromatic heterocycles. The van der Waals surface area contributed by atoms with E-state index in [-0.39, 0.29) is 0 Å². The first-order chi connectivity index (χ1) is 6.79. The van der Waals surface area contributed by atoms with Gasteiger partial charge in [0.05, 0.1) is 0 Å². The third-order valence-electron chi connectivity index (χ3n) is 0.581. The maximum atomic E-state index is 11.7. The van der Waals surface area contributed by atoms with Gasteiger partial charge in [-0.2, -0.15) is 25.3 Å². The Morgan fingerprint density at radius 1 is 0.625 bits per heavy atom. The molecule has 0 fully saturated rings. The zero-order chi connectivity index (χ0) is 13.2. The van der Waals surface area contributed by atoms with Crippen LogP contribution >= 0.6 is 0 Å². The highest BCUT2D eigenvalue weighted by Gasteiger charge is 2.39. The third-order valence-corrected chi connectivity index (χ3v) is 1.74. The van der Waals surface area contributed by atoms with E-state index in [0.717, 1.165) is 0 Å². The molecule has 0 saturated carbocycles. The molecule has 0 N–H and O–H groups in total. The normalized spacial score (nSPS) is 13.7. The zero-order valence-electron chi connectivity index (χ0n) is 6.61. The van der Waals surface area contributed by atoms with Crippen LogP contribution in [0.4, 0.5) is 11.7 Å². The Balaban J connectivity index is 4.93. The highest BCUT2D eigenvalue weighted by Crippen LogP contribution is 2.09. The fourth-order valence-electron chi connectivity index (χ4n) is 0.330. The van der Waals surface area contributed by atoms with E-state index in [9.17, 15) is 36.9 Å². The van der Waals surface area contributed by atoms with Gasteiger partial charge in [0.2, 0.25) is 0 Å². The molecule has 0 bridgehead atoms. The van der Waals surface area contributed by atoms with Crippen molar-refractivity contribution in [2.24, 2.45) is 0 Å². The minimum atomic E-state index is -5.98. The Labute approximate surface area is 88.5 Å². The average Bonchev–Trinajstić information content (AvgIpc) is 1.70. The maximum absolute atomic E-state index is 11.7. The summed E-state index contributed by atoms with van der Waals surface area (Å²) >= 11 is 0. The fourth-order valence-corrected chi connectivity index (χ4v) is 1.28. The summed E-state index contributed by atoms with van der Waals surface area (Å²) in [4.78, 5) is 0. The average molecular weight is 308 g/mol. The van der Waals surface area contributed by atoms with Gasteiger partial charge >= 0.3 is 38.8 Å². The number of hydrogen-bond donors (Lipinski definition) is 0. The molecule has 0 unspecified atom stereocenters. The molecule has 96 valence electrons. The van der Waals surface area contributed by atoms with Crippen molar-refractivity contribution in [3.8, 4) is 0 Å².